The van der Waals surface area contributed by atoms with E-state index in [0.29, 0.717) is 61.1 Å². The average Bonchev–Trinajstić information content (AvgIpc) is 2.80. The fraction of sp³-hybridized carbons (Fsp3) is 0.423. The van der Waals surface area contributed by atoms with Gasteiger partial charge in [-0.1, -0.05) is 13.0 Å². The van der Waals surface area contributed by atoms with Gasteiger partial charge in [-0.15, -0.1) is 0 Å². The number of hydrogen-bond acceptors (Lipinski definition) is 6. The van der Waals surface area contributed by atoms with Gasteiger partial charge in [0.1, 0.15) is 5.75 Å². The summed E-state index contributed by atoms with van der Waals surface area (Å²) in [6.45, 7) is 8.44. The summed E-state index contributed by atoms with van der Waals surface area (Å²) in [4.78, 5) is 36.1. The van der Waals surface area contributed by atoms with Crippen LogP contribution in [0, 0.1) is 0 Å². The molecule has 2 rings (SSSR count). The van der Waals surface area contributed by atoms with Gasteiger partial charge in [-0.05, 0) is 69.5 Å². The number of benzene rings is 2. The first kappa shape index (κ1) is 26.7. The molecule has 8 nitrogen and oxygen atoms in total. The van der Waals surface area contributed by atoms with Crippen molar-refractivity contribution in [1.29, 1.82) is 0 Å². The van der Waals surface area contributed by atoms with Crippen LogP contribution in [0.15, 0.2) is 36.4 Å². The van der Waals surface area contributed by atoms with Gasteiger partial charge in [0.2, 0.25) is 5.91 Å². The highest BCUT2D eigenvalue weighted by Crippen LogP contribution is 2.28. The summed E-state index contributed by atoms with van der Waals surface area (Å²) >= 11 is 0. The van der Waals surface area contributed by atoms with Gasteiger partial charge in [-0.2, -0.15) is 0 Å². The van der Waals surface area contributed by atoms with Crippen molar-refractivity contribution >= 4 is 23.3 Å². The second kappa shape index (κ2) is 13.9. The van der Waals surface area contributed by atoms with Gasteiger partial charge < -0.3 is 24.8 Å². The quantitative estimate of drug-likeness (QED) is 0.402. The molecule has 0 spiro atoms. The zero-order chi connectivity index (χ0) is 24.9. The summed E-state index contributed by atoms with van der Waals surface area (Å²) < 4.78 is 16.8. The fourth-order valence-electron chi connectivity index (χ4n) is 3.25. The van der Waals surface area contributed by atoms with E-state index in [-0.39, 0.29) is 24.2 Å². The highest BCUT2D eigenvalue weighted by Gasteiger charge is 2.13. The van der Waals surface area contributed by atoms with Crippen LogP contribution >= 0.6 is 0 Å². The van der Waals surface area contributed by atoms with Crippen molar-refractivity contribution in [1.82, 2.24) is 5.32 Å². The minimum absolute atomic E-state index is 0.119. The van der Waals surface area contributed by atoms with Crippen LogP contribution in [0.25, 0.3) is 0 Å². The number of Topliss-reactive ketones (excluding diaryl/α,β-unsaturated/α-hetero) is 1. The summed E-state index contributed by atoms with van der Waals surface area (Å²) in [7, 11) is 0. The first-order valence-corrected chi connectivity index (χ1v) is 11.6. The third-order valence-electron chi connectivity index (χ3n) is 4.82. The maximum absolute atomic E-state index is 12.3. The molecule has 2 aromatic carbocycles. The lowest BCUT2D eigenvalue weighted by molar-refractivity contribution is -0.123. The Hall–Kier alpha value is -3.55. The summed E-state index contributed by atoms with van der Waals surface area (Å²) in [6.07, 6.45) is 1.74. The molecular weight excluding hydrogens is 436 g/mol. The van der Waals surface area contributed by atoms with Crippen LogP contribution in [0.5, 0.6) is 17.2 Å². The van der Waals surface area contributed by atoms with Crippen molar-refractivity contribution in [2.24, 2.45) is 0 Å². The Bertz CT molecular complexity index is 989. The highest BCUT2D eigenvalue weighted by molar-refractivity contribution is 5.99. The van der Waals surface area contributed by atoms with Crippen molar-refractivity contribution < 1.29 is 28.6 Å². The number of ether oxygens (including phenoxy) is 3. The Morgan fingerprint density at radius 1 is 0.824 bits per heavy atom. The molecule has 0 unspecified atom stereocenters. The van der Waals surface area contributed by atoms with Crippen LogP contribution in [0.4, 0.5) is 5.69 Å². The van der Waals surface area contributed by atoms with E-state index in [2.05, 4.69) is 10.6 Å². The molecule has 0 saturated heterocycles. The number of ketones is 1. The zero-order valence-electron chi connectivity index (χ0n) is 20.4. The monoisotopic (exact) mass is 470 g/mol. The number of hydrogen-bond donors (Lipinski definition) is 2. The largest absolute Gasteiger partial charge is 0.490 e. The van der Waals surface area contributed by atoms with E-state index >= 15 is 0 Å². The molecule has 0 atom stereocenters. The molecule has 2 aromatic rings. The molecule has 0 aromatic heterocycles. The van der Waals surface area contributed by atoms with E-state index in [9.17, 15) is 14.4 Å². The van der Waals surface area contributed by atoms with Crippen molar-refractivity contribution in [3.8, 4) is 17.2 Å². The van der Waals surface area contributed by atoms with Crippen molar-refractivity contribution in [3.05, 3.63) is 47.5 Å². The van der Waals surface area contributed by atoms with Gasteiger partial charge in [0, 0.05) is 18.7 Å². The molecule has 2 amide bonds. The van der Waals surface area contributed by atoms with Gasteiger partial charge in [0.25, 0.3) is 5.91 Å². The van der Waals surface area contributed by atoms with Crippen LogP contribution in [-0.4, -0.2) is 44.0 Å². The Balaban J connectivity index is 1.89. The Morgan fingerprint density at radius 2 is 1.53 bits per heavy atom. The molecule has 0 aliphatic heterocycles. The molecular formula is C26H34N2O6. The lowest BCUT2D eigenvalue weighted by atomic mass is 10.1. The normalized spacial score (nSPS) is 10.4. The van der Waals surface area contributed by atoms with Crippen LogP contribution in [0.2, 0.25) is 0 Å². The molecule has 8 heteroatoms. The molecule has 184 valence electrons. The van der Waals surface area contributed by atoms with Crippen LogP contribution in [0.3, 0.4) is 0 Å². The molecule has 2 N–H and O–H groups in total. The Morgan fingerprint density at radius 3 is 2.21 bits per heavy atom. The second-order valence-corrected chi connectivity index (χ2v) is 7.60. The first-order chi connectivity index (χ1) is 16.4. The maximum Gasteiger partial charge on any atom is 0.257 e. The minimum Gasteiger partial charge on any atom is -0.490 e. The zero-order valence-corrected chi connectivity index (χ0v) is 20.4. The SMILES string of the molecule is CCCC(=O)Nc1ccc(OCC(=O)NCCc2ccc(OCC)c(OCC)c2)c(C(C)=O)c1. The van der Waals surface area contributed by atoms with E-state index in [1.807, 2.05) is 39.0 Å². The lowest BCUT2D eigenvalue weighted by Crippen LogP contribution is -2.30. The number of nitrogens with one attached hydrogen (secondary N) is 2. The predicted molar refractivity (Wildman–Crippen MR) is 131 cm³/mol. The molecule has 34 heavy (non-hydrogen) atoms. The van der Waals surface area contributed by atoms with Gasteiger partial charge in [0.05, 0.1) is 18.8 Å². The van der Waals surface area contributed by atoms with E-state index in [1.54, 1.807) is 18.2 Å². The van der Waals surface area contributed by atoms with Crippen LogP contribution in [-0.2, 0) is 16.0 Å². The van der Waals surface area contributed by atoms with Gasteiger partial charge in [-0.3, -0.25) is 14.4 Å². The van der Waals surface area contributed by atoms with E-state index in [4.69, 9.17) is 14.2 Å². The molecule has 0 heterocycles. The molecule has 0 fully saturated rings. The third-order valence-corrected chi connectivity index (χ3v) is 4.82. The number of carbonyl (C=O) groups is 3. The van der Waals surface area contributed by atoms with Gasteiger partial charge in [0.15, 0.2) is 23.9 Å². The van der Waals surface area contributed by atoms with Gasteiger partial charge in [-0.25, -0.2) is 0 Å². The summed E-state index contributed by atoms with van der Waals surface area (Å²) in [6, 6.07) is 10.5. The van der Waals surface area contributed by atoms with E-state index in [1.165, 1.54) is 6.92 Å². The van der Waals surface area contributed by atoms with E-state index < -0.39 is 0 Å². The first-order valence-electron chi connectivity index (χ1n) is 11.6. The molecule has 0 bridgehead atoms. The fourth-order valence-corrected chi connectivity index (χ4v) is 3.25. The summed E-state index contributed by atoms with van der Waals surface area (Å²) in [5, 5.41) is 5.57. The number of amides is 2. The average molecular weight is 471 g/mol. The van der Waals surface area contributed by atoms with Crippen molar-refractivity contribution in [3.63, 3.8) is 0 Å². The topological polar surface area (TPSA) is 103 Å². The maximum atomic E-state index is 12.3. The molecule has 0 aliphatic carbocycles. The number of anilines is 1. The molecule has 0 radical (unpaired) electrons. The lowest BCUT2D eigenvalue weighted by Gasteiger charge is -2.13. The summed E-state index contributed by atoms with van der Waals surface area (Å²) in [5.74, 6) is 1.04. The van der Waals surface area contributed by atoms with Crippen molar-refractivity contribution in [2.75, 3.05) is 31.7 Å². The third kappa shape index (κ3) is 8.42. The molecule has 0 saturated carbocycles. The van der Waals surface area contributed by atoms with Crippen LogP contribution in [0.1, 0.15) is 56.5 Å². The standard InChI is InChI=1S/C26H34N2O6/c1-5-8-25(30)28-20-10-12-22(21(16-20)18(4)29)34-17-26(31)27-14-13-19-9-11-23(32-6-2)24(15-19)33-7-3/h9-12,15-16H,5-8,13-14,17H2,1-4H3,(H,27,31)(H,28,30). The summed E-state index contributed by atoms with van der Waals surface area (Å²) in [5.41, 5.74) is 1.83. The second-order valence-electron chi connectivity index (χ2n) is 7.60. The predicted octanol–water partition coefficient (Wildman–Crippen LogP) is 4.16. The highest BCUT2D eigenvalue weighted by atomic mass is 16.5. The number of carbonyl (C=O) groups excluding carboxylic acids is 3. The van der Waals surface area contributed by atoms with E-state index in [0.717, 1.165) is 12.0 Å². The van der Waals surface area contributed by atoms with Gasteiger partial charge >= 0.3 is 0 Å². The Kier molecular flexibility index (Phi) is 10.9. The Labute approximate surface area is 201 Å². The van der Waals surface area contributed by atoms with Crippen molar-refractivity contribution in [2.45, 2.75) is 47.0 Å². The smallest absolute Gasteiger partial charge is 0.257 e. The minimum atomic E-state index is -0.300. The number of rotatable bonds is 14. The van der Waals surface area contributed by atoms with Crippen LogP contribution < -0.4 is 24.8 Å². The molecule has 0 aliphatic rings.